The lowest BCUT2D eigenvalue weighted by Crippen LogP contribution is -2.35. The molecule has 0 radical (unpaired) electrons. The van der Waals surface area contributed by atoms with Crippen molar-refractivity contribution in [1.29, 1.82) is 0 Å². The largest absolute Gasteiger partial charge is 0.489 e. The Balaban J connectivity index is 1.98. The Morgan fingerprint density at radius 1 is 1.35 bits per heavy atom. The van der Waals surface area contributed by atoms with Crippen LogP contribution in [0.5, 0.6) is 11.6 Å². The molecule has 1 unspecified atom stereocenters. The third kappa shape index (κ3) is 2.23. The van der Waals surface area contributed by atoms with Gasteiger partial charge in [0.05, 0.1) is 12.0 Å². The SMILES string of the molecule is CCOc1noc2cc3c(cc12)CCC(C(C)(C)C)O3. The molecule has 0 saturated heterocycles. The Morgan fingerprint density at radius 2 is 2.15 bits per heavy atom. The smallest absolute Gasteiger partial charge is 0.262 e. The molecule has 0 N–H and O–H groups in total. The summed E-state index contributed by atoms with van der Waals surface area (Å²) in [4.78, 5) is 0. The lowest BCUT2D eigenvalue weighted by Gasteiger charge is -2.35. The van der Waals surface area contributed by atoms with Crippen molar-refractivity contribution in [3.63, 3.8) is 0 Å². The van der Waals surface area contributed by atoms with Crippen LogP contribution in [0.3, 0.4) is 0 Å². The lowest BCUT2D eigenvalue weighted by atomic mass is 9.84. The van der Waals surface area contributed by atoms with Crippen molar-refractivity contribution in [2.24, 2.45) is 5.41 Å². The van der Waals surface area contributed by atoms with Gasteiger partial charge in [-0.25, -0.2) is 0 Å². The molecule has 20 heavy (non-hydrogen) atoms. The summed E-state index contributed by atoms with van der Waals surface area (Å²) in [6, 6.07) is 4.03. The molecule has 4 heteroatoms. The fourth-order valence-electron chi connectivity index (χ4n) is 2.64. The number of hydrogen-bond acceptors (Lipinski definition) is 4. The minimum absolute atomic E-state index is 0.143. The molecule has 4 nitrogen and oxygen atoms in total. The molecule has 3 rings (SSSR count). The van der Waals surface area contributed by atoms with Crippen molar-refractivity contribution in [2.45, 2.75) is 46.6 Å². The fourth-order valence-corrected chi connectivity index (χ4v) is 2.64. The zero-order valence-electron chi connectivity index (χ0n) is 12.5. The Morgan fingerprint density at radius 3 is 2.85 bits per heavy atom. The van der Waals surface area contributed by atoms with Crippen LogP contribution in [0.1, 0.15) is 39.7 Å². The van der Waals surface area contributed by atoms with Crippen molar-refractivity contribution in [1.82, 2.24) is 5.16 Å². The molecule has 0 fully saturated rings. The van der Waals surface area contributed by atoms with Gasteiger partial charge in [0.1, 0.15) is 11.9 Å². The first-order chi connectivity index (χ1) is 9.49. The van der Waals surface area contributed by atoms with E-state index in [1.54, 1.807) is 0 Å². The van der Waals surface area contributed by atoms with Gasteiger partial charge in [-0.3, -0.25) is 0 Å². The van der Waals surface area contributed by atoms with Gasteiger partial charge in [0.25, 0.3) is 5.88 Å². The van der Waals surface area contributed by atoms with Crippen LogP contribution >= 0.6 is 0 Å². The van der Waals surface area contributed by atoms with E-state index in [2.05, 4.69) is 32.0 Å². The molecule has 0 bridgehead atoms. The highest BCUT2D eigenvalue weighted by atomic mass is 16.5. The predicted octanol–water partition coefficient (Wildman–Crippen LogP) is 3.97. The first-order valence-corrected chi connectivity index (χ1v) is 7.21. The summed E-state index contributed by atoms with van der Waals surface area (Å²) >= 11 is 0. The van der Waals surface area contributed by atoms with Crippen LogP contribution in [0, 0.1) is 5.41 Å². The van der Waals surface area contributed by atoms with E-state index >= 15 is 0 Å². The van der Waals surface area contributed by atoms with Gasteiger partial charge in [-0.05, 0) is 42.0 Å². The second kappa shape index (κ2) is 4.69. The van der Waals surface area contributed by atoms with Crippen LogP contribution in [-0.2, 0) is 6.42 Å². The number of benzene rings is 1. The summed E-state index contributed by atoms with van der Waals surface area (Å²) in [6.07, 6.45) is 2.29. The molecular formula is C16H21NO3. The van der Waals surface area contributed by atoms with Crippen LogP contribution in [0.25, 0.3) is 11.0 Å². The molecule has 2 heterocycles. The zero-order valence-corrected chi connectivity index (χ0v) is 12.5. The van der Waals surface area contributed by atoms with Crippen molar-refractivity contribution in [2.75, 3.05) is 6.61 Å². The highest BCUT2D eigenvalue weighted by molar-refractivity contribution is 5.84. The minimum Gasteiger partial charge on any atom is -0.489 e. The monoisotopic (exact) mass is 275 g/mol. The van der Waals surface area contributed by atoms with Gasteiger partial charge in [0, 0.05) is 6.07 Å². The van der Waals surface area contributed by atoms with Gasteiger partial charge in [-0.2, -0.15) is 0 Å². The van der Waals surface area contributed by atoms with Crippen molar-refractivity contribution in [3.05, 3.63) is 17.7 Å². The number of nitrogens with zero attached hydrogens (tertiary/aromatic N) is 1. The third-order valence-electron chi connectivity index (χ3n) is 3.81. The lowest BCUT2D eigenvalue weighted by molar-refractivity contribution is 0.0675. The van der Waals surface area contributed by atoms with E-state index in [0.29, 0.717) is 12.5 Å². The summed E-state index contributed by atoms with van der Waals surface area (Å²) < 4.78 is 17.0. The normalized spacial score (nSPS) is 18.7. The number of hydrogen-bond donors (Lipinski definition) is 0. The Labute approximate surface area is 119 Å². The molecule has 0 amide bonds. The highest BCUT2D eigenvalue weighted by Crippen LogP contribution is 2.39. The van der Waals surface area contributed by atoms with Crippen molar-refractivity contribution < 1.29 is 14.0 Å². The molecule has 2 aromatic rings. The third-order valence-corrected chi connectivity index (χ3v) is 3.81. The standard InChI is InChI=1S/C16H21NO3/c1-5-18-15-11-8-10-6-7-14(16(2,3)4)19-12(10)9-13(11)20-17-15/h8-9,14H,5-7H2,1-4H3. The van der Waals surface area contributed by atoms with E-state index < -0.39 is 0 Å². The molecule has 1 aliphatic rings. The van der Waals surface area contributed by atoms with Gasteiger partial charge in [0.2, 0.25) is 0 Å². The highest BCUT2D eigenvalue weighted by Gasteiger charge is 2.31. The van der Waals surface area contributed by atoms with Gasteiger partial charge in [-0.1, -0.05) is 20.8 Å². The second-order valence-corrected chi connectivity index (χ2v) is 6.39. The predicted molar refractivity (Wildman–Crippen MR) is 77.4 cm³/mol. The minimum atomic E-state index is 0.143. The number of aryl methyl sites for hydroxylation is 1. The van der Waals surface area contributed by atoms with Crippen LogP contribution in [0.4, 0.5) is 0 Å². The van der Waals surface area contributed by atoms with Gasteiger partial charge < -0.3 is 14.0 Å². The zero-order chi connectivity index (χ0) is 14.3. The average Bonchev–Trinajstić information content (AvgIpc) is 2.77. The molecule has 0 spiro atoms. The molecule has 0 aliphatic carbocycles. The molecule has 1 atom stereocenters. The number of fused-ring (bicyclic) bond motifs is 2. The molecule has 1 aromatic carbocycles. The summed E-state index contributed by atoms with van der Waals surface area (Å²) in [5, 5.41) is 4.90. The van der Waals surface area contributed by atoms with E-state index in [0.717, 1.165) is 29.6 Å². The van der Waals surface area contributed by atoms with Gasteiger partial charge >= 0.3 is 0 Å². The fraction of sp³-hybridized carbons (Fsp3) is 0.562. The van der Waals surface area contributed by atoms with Crippen LogP contribution in [0.15, 0.2) is 16.7 Å². The molecule has 108 valence electrons. The number of rotatable bonds is 2. The molecular weight excluding hydrogens is 254 g/mol. The average molecular weight is 275 g/mol. The van der Waals surface area contributed by atoms with E-state index in [4.69, 9.17) is 14.0 Å². The second-order valence-electron chi connectivity index (χ2n) is 6.39. The molecule has 1 aliphatic heterocycles. The van der Waals surface area contributed by atoms with Gasteiger partial charge in [-0.15, -0.1) is 0 Å². The topological polar surface area (TPSA) is 44.5 Å². The molecule has 0 saturated carbocycles. The van der Waals surface area contributed by atoms with E-state index in [9.17, 15) is 0 Å². The van der Waals surface area contributed by atoms with Crippen LogP contribution in [-0.4, -0.2) is 17.9 Å². The first-order valence-electron chi connectivity index (χ1n) is 7.21. The Kier molecular flexibility index (Phi) is 3.11. The number of aromatic nitrogens is 1. The summed E-state index contributed by atoms with van der Waals surface area (Å²) in [7, 11) is 0. The Hall–Kier alpha value is -1.71. The summed E-state index contributed by atoms with van der Waals surface area (Å²) in [5.74, 6) is 1.49. The van der Waals surface area contributed by atoms with Crippen LogP contribution < -0.4 is 9.47 Å². The first kappa shape index (κ1) is 13.3. The number of ether oxygens (including phenoxy) is 2. The quantitative estimate of drug-likeness (QED) is 0.832. The van der Waals surface area contributed by atoms with Gasteiger partial charge in [0.15, 0.2) is 5.58 Å². The molecule has 1 aromatic heterocycles. The maximum atomic E-state index is 6.15. The van der Waals surface area contributed by atoms with Crippen LogP contribution in [0.2, 0.25) is 0 Å². The maximum absolute atomic E-state index is 6.15. The Bertz CT molecular complexity index is 624. The van der Waals surface area contributed by atoms with E-state index in [1.807, 2.05) is 13.0 Å². The van der Waals surface area contributed by atoms with Crippen molar-refractivity contribution in [3.8, 4) is 11.6 Å². The summed E-state index contributed by atoms with van der Waals surface area (Å²) in [5.41, 5.74) is 2.08. The van der Waals surface area contributed by atoms with Crippen molar-refractivity contribution >= 4 is 11.0 Å². The van der Waals surface area contributed by atoms with E-state index in [1.165, 1.54) is 5.56 Å². The van der Waals surface area contributed by atoms with E-state index in [-0.39, 0.29) is 11.5 Å². The summed E-state index contributed by atoms with van der Waals surface area (Å²) in [6.45, 7) is 9.16. The maximum Gasteiger partial charge on any atom is 0.262 e.